The number of rotatable bonds is 5. The number of fused-ring (bicyclic) bond motifs is 1. The van der Waals surface area contributed by atoms with Gasteiger partial charge in [-0.2, -0.15) is 23.5 Å². The molecule has 1 amide bonds. The molecule has 0 radical (unpaired) electrons. The summed E-state index contributed by atoms with van der Waals surface area (Å²) in [6, 6.07) is 5.74. The summed E-state index contributed by atoms with van der Waals surface area (Å²) in [7, 11) is 0. The van der Waals surface area contributed by atoms with Gasteiger partial charge in [-0.3, -0.25) is 18.9 Å². The zero-order valence-corrected chi connectivity index (χ0v) is 21.1. The summed E-state index contributed by atoms with van der Waals surface area (Å²) in [4.78, 5) is 23.9. The van der Waals surface area contributed by atoms with E-state index in [2.05, 4.69) is 15.1 Å². The number of carbonyl (C=O) groups is 1. The summed E-state index contributed by atoms with van der Waals surface area (Å²) in [6.45, 7) is 5.10. The zero-order valence-electron chi connectivity index (χ0n) is 21.1. The minimum absolute atomic E-state index is 0.0572. The van der Waals surface area contributed by atoms with E-state index in [1.165, 1.54) is 18.6 Å². The summed E-state index contributed by atoms with van der Waals surface area (Å²) < 4.78 is 43.7. The lowest BCUT2D eigenvalue weighted by Crippen LogP contribution is -2.36. The van der Waals surface area contributed by atoms with Crippen molar-refractivity contribution in [1.82, 2.24) is 29.0 Å². The smallest absolute Gasteiger partial charge is 0.339 e. The summed E-state index contributed by atoms with van der Waals surface area (Å²) in [5.74, 6) is 0.0572. The SMILES string of the molecule is Cc1cc(Cc2nccn3c(-c4cn(CC#N)nc4C(F)(F)F)cnc23)cc(C)c1C(=O)N1CCCCC1. The van der Waals surface area contributed by atoms with Crippen molar-refractivity contribution in [2.24, 2.45) is 0 Å². The van der Waals surface area contributed by atoms with Gasteiger partial charge in [-0.25, -0.2) is 4.98 Å². The molecular weight excluding hydrogens is 495 g/mol. The number of halogens is 3. The van der Waals surface area contributed by atoms with Crippen molar-refractivity contribution < 1.29 is 18.0 Å². The lowest BCUT2D eigenvalue weighted by atomic mass is 9.95. The number of nitrogens with zero attached hydrogens (tertiary/aromatic N) is 7. The van der Waals surface area contributed by atoms with Gasteiger partial charge in [0, 0.05) is 43.7 Å². The molecule has 0 aliphatic carbocycles. The second-order valence-corrected chi connectivity index (χ2v) is 9.59. The minimum Gasteiger partial charge on any atom is -0.339 e. The third-order valence-electron chi connectivity index (χ3n) is 6.86. The molecule has 196 valence electrons. The van der Waals surface area contributed by atoms with Gasteiger partial charge in [0.1, 0.15) is 6.54 Å². The number of likely N-dealkylation sites (tertiary alicyclic amines) is 1. The van der Waals surface area contributed by atoms with Crippen LogP contribution in [0.1, 0.15) is 57.7 Å². The van der Waals surface area contributed by atoms with Crippen LogP contribution in [0.3, 0.4) is 0 Å². The number of aryl methyl sites for hydroxylation is 2. The van der Waals surface area contributed by atoms with E-state index in [0.29, 0.717) is 17.8 Å². The topological polar surface area (TPSA) is 92.1 Å². The molecule has 11 heteroatoms. The standard InChI is InChI=1S/C27H26F3N7O/c1-17-12-19(13-18(2)23(17)26(38)35-8-4-3-5-9-35)14-21-25-33-15-22(37(25)11-7-32-21)20-16-36(10-6-31)34-24(20)27(28,29)30/h7,11-13,15-16H,3-5,8-10,14H2,1-2H3. The lowest BCUT2D eigenvalue weighted by Gasteiger charge is -2.28. The molecule has 0 saturated carbocycles. The predicted molar refractivity (Wildman–Crippen MR) is 133 cm³/mol. The third kappa shape index (κ3) is 4.74. The van der Waals surface area contributed by atoms with Crippen molar-refractivity contribution in [3.63, 3.8) is 0 Å². The molecule has 0 unspecified atom stereocenters. The van der Waals surface area contributed by atoms with Gasteiger partial charge in [0.15, 0.2) is 11.3 Å². The van der Waals surface area contributed by atoms with E-state index in [0.717, 1.165) is 59.3 Å². The number of hydrogen-bond acceptors (Lipinski definition) is 5. The molecule has 1 aliphatic rings. The van der Waals surface area contributed by atoms with E-state index in [4.69, 9.17) is 5.26 Å². The Bertz CT molecular complexity index is 1530. The highest BCUT2D eigenvalue weighted by Crippen LogP contribution is 2.36. The Morgan fingerprint density at radius 2 is 1.82 bits per heavy atom. The number of piperidine rings is 1. The van der Waals surface area contributed by atoms with Crippen LogP contribution >= 0.6 is 0 Å². The van der Waals surface area contributed by atoms with Crippen LogP contribution in [0.4, 0.5) is 13.2 Å². The number of benzene rings is 1. The number of amides is 1. The van der Waals surface area contributed by atoms with Crippen LogP contribution in [0, 0.1) is 25.2 Å². The molecule has 0 atom stereocenters. The molecule has 4 aromatic rings. The van der Waals surface area contributed by atoms with Crippen molar-refractivity contribution in [2.45, 2.75) is 52.3 Å². The molecule has 8 nitrogen and oxygen atoms in total. The van der Waals surface area contributed by atoms with Crippen molar-refractivity contribution >= 4 is 11.6 Å². The Balaban J connectivity index is 1.49. The maximum atomic E-state index is 13.7. The number of hydrogen-bond donors (Lipinski definition) is 0. The largest absolute Gasteiger partial charge is 0.435 e. The number of aromatic nitrogens is 5. The van der Waals surface area contributed by atoms with Crippen LogP contribution in [0.25, 0.3) is 16.9 Å². The molecular formula is C27H26F3N7O. The second kappa shape index (κ2) is 9.93. The fraction of sp³-hybridized carbons (Fsp3) is 0.370. The van der Waals surface area contributed by atoms with Gasteiger partial charge in [-0.1, -0.05) is 12.1 Å². The monoisotopic (exact) mass is 521 g/mol. The van der Waals surface area contributed by atoms with Gasteiger partial charge in [-0.15, -0.1) is 0 Å². The van der Waals surface area contributed by atoms with Gasteiger partial charge in [0.2, 0.25) is 0 Å². The third-order valence-corrected chi connectivity index (χ3v) is 6.86. The normalized spacial score (nSPS) is 14.2. The van der Waals surface area contributed by atoms with E-state index in [9.17, 15) is 18.0 Å². The highest BCUT2D eigenvalue weighted by molar-refractivity contribution is 5.97. The minimum atomic E-state index is -4.70. The molecule has 3 aromatic heterocycles. The van der Waals surface area contributed by atoms with Crippen molar-refractivity contribution in [3.05, 3.63) is 70.6 Å². The molecule has 0 bridgehead atoms. The Morgan fingerprint density at radius 3 is 2.47 bits per heavy atom. The van der Waals surface area contributed by atoms with E-state index >= 15 is 0 Å². The number of alkyl halides is 3. The predicted octanol–water partition coefficient (Wildman–Crippen LogP) is 4.97. The van der Waals surface area contributed by atoms with Crippen LogP contribution in [-0.4, -0.2) is 48.0 Å². The van der Waals surface area contributed by atoms with Crippen LogP contribution in [0.15, 0.2) is 36.9 Å². The first-order valence-electron chi connectivity index (χ1n) is 12.4. The highest BCUT2D eigenvalue weighted by Gasteiger charge is 2.38. The van der Waals surface area contributed by atoms with Gasteiger partial charge < -0.3 is 4.90 Å². The number of carbonyl (C=O) groups excluding carboxylic acids is 1. The van der Waals surface area contributed by atoms with Crippen LogP contribution in [-0.2, 0) is 19.1 Å². The first-order chi connectivity index (χ1) is 18.2. The molecule has 0 spiro atoms. The number of nitriles is 1. The molecule has 1 fully saturated rings. The fourth-order valence-corrected chi connectivity index (χ4v) is 5.21. The zero-order chi connectivity index (χ0) is 27.0. The van der Waals surface area contributed by atoms with Crippen molar-refractivity contribution in [1.29, 1.82) is 5.26 Å². The van der Waals surface area contributed by atoms with E-state index in [1.54, 1.807) is 10.6 Å². The molecule has 4 heterocycles. The quantitative estimate of drug-likeness (QED) is 0.370. The lowest BCUT2D eigenvalue weighted by molar-refractivity contribution is -0.141. The Morgan fingerprint density at radius 1 is 1.11 bits per heavy atom. The van der Waals surface area contributed by atoms with Gasteiger partial charge in [0.05, 0.1) is 29.2 Å². The Hall–Kier alpha value is -4.20. The van der Waals surface area contributed by atoms with E-state index < -0.39 is 11.9 Å². The Kier molecular flexibility index (Phi) is 6.65. The average Bonchev–Trinajstić information content (AvgIpc) is 3.49. The average molecular weight is 522 g/mol. The van der Waals surface area contributed by atoms with Crippen LogP contribution in [0.5, 0.6) is 0 Å². The molecule has 1 aromatic carbocycles. The first kappa shape index (κ1) is 25.4. The summed E-state index contributed by atoms with van der Waals surface area (Å²) in [6.07, 6.45) is 4.53. The van der Waals surface area contributed by atoms with Gasteiger partial charge in [0.25, 0.3) is 5.91 Å². The maximum Gasteiger partial charge on any atom is 0.435 e. The Labute approximate surface area is 217 Å². The number of imidazole rings is 1. The fourth-order valence-electron chi connectivity index (χ4n) is 5.21. The molecule has 38 heavy (non-hydrogen) atoms. The molecule has 1 aliphatic heterocycles. The first-order valence-corrected chi connectivity index (χ1v) is 12.4. The van der Waals surface area contributed by atoms with Crippen molar-refractivity contribution in [3.8, 4) is 17.3 Å². The van der Waals surface area contributed by atoms with Gasteiger partial charge in [-0.05, 0) is 49.8 Å². The van der Waals surface area contributed by atoms with Crippen molar-refractivity contribution in [2.75, 3.05) is 13.1 Å². The van der Waals surface area contributed by atoms with E-state index in [-0.39, 0.29) is 23.7 Å². The summed E-state index contributed by atoms with van der Waals surface area (Å²) in [5.41, 5.74) is 3.39. The summed E-state index contributed by atoms with van der Waals surface area (Å²) >= 11 is 0. The molecule has 0 N–H and O–H groups in total. The second-order valence-electron chi connectivity index (χ2n) is 9.59. The summed E-state index contributed by atoms with van der Waals surface area (Å²) in [5, 5.41) is 12.5. The molecule has 5 rings (SSSR count). The maximum absolute atomic E-state index is 13.7. The van der Waals surface area contributed by atoms with Gasteiger partial charge >= 0.3 is 6.18 Å². The van der Waals surface area contributed by atoms with Crippen LogP contribution < -0.4 is 0 Å². The van der Waals surface area contributed by atoms with Crippen LogP contribution in [0.2, 0.25) is 0 Å². The highest BCUT2D eigenvalue weighted by atomic mass is 19.4. The van der Waals surface area contributed by atoms with E-state index in [1.807, 2.05) is 36.9 Å². The molecule has 1 saturated heterocycles.